The summed E-state index contributed by atoms with van der Waals surface area (Å²) < 4.78 is 3.48. The normalized spacial score (nSPS) is 16.4. The fourth-order valence-corrected chi connectivity index (χ4v) is 3.38. The van der Waals surface area contributed by atoms with Gasteiger partial charge in [-0.1, -0.05) is 77.3 Å². The van der Waals surface area contributed by atoms with Crippen LogP contribution in [0.3, 0.4) is 0 Å². The monoisotopic (exact) mass is 385 g/mol. The number of hydrogen-bond donors (Lipinski definition) is 0. The number of benzene rings is 2. The number of halogens is 3. The zero-order valence-electron chi connectivity index (χ0n) is 13.1. The van der Waals surface area contributed by atoms with E-state index < -0.39 is 9.89 Å². The van der Waals surface area contributed by atoms with E-state index in [1.165, 1.54) is 16.3 Å². The van der Waals surface area contributed by atoms with Crippen molar-refractivity contribution in [2.24, 2.45) is 0 Å². The smallest absolute Gasteiger partial charge is 0.409 e. The SMILES string of the molecule is O=C(OCC(Cl)(Cl)Cl)N1CCC(c2cccc3ccccc23)CC1. The van der Waals surface area contributed by atoms with Crippen LogP contribution in [0.25, 0.3) is 10.8 Å². The van der Waals surface area contributed by atoms with Crippen molar-refractivity contribution < 1.29 is 9.53 Å². The molecule has 3 rings (SSSR count). The summed E-state index contributed by atoms with van der Waals surface area (Å²) in [6.07, 6.45) is 1.38. The van der Waals surface area contributed by atoms with E-state index in [0.717, 1.165) is 12.8 Å². The fraction of sp³-hybridized carbons (Fsp3) is 0.389. The molecule has 0 aromatic heterocycles. The number of likely N-dealkylation sites (tertiary alicyclic amines) is 1. The van der Waals surface area contributed by atoms with Gasteiger partial charge in [0.25, 0.3) is 0 Å². The lowest BCUT2D eigenvalue weighted by molar-refractivity contribution is 0.0943. The molecule has 1 aliphatic rings. The molecule has 1 fully saturated rings. The van der Waals surface area contributed by atoms with Gasteiger partial charge in [0.05, 0.1) is 0 Å². The number of carbonyl (C=O) groups excluding carboxylic acids is 1. The number of alkyl halides is 3. The molecule has 1 aliphatic heterocycles. The highest BCUT2D eigenvalue weighted by Crippen LogP contribution is 2.33. The quantitative estimate of drug-likeness (QED) is 0.635. The molecule has 0 unspecified atom stereocenters. The van der Waals surface area contributed by atoms with Crippen molar-refractivity contribution in [1.29, 1.82) is 0 Å². The molecule has 6 heteroatoms. The Morgan fingerprint density at radius 3 is 2.46 bits per heavy atom. The number of fused-ring (bicyclic) bond motifs is 1. The van der Waals surface area contributed by atoms with E-state index >= 15 is 0 Å². The van der Waals surface area contributed by atoms with E-state index in [2.05, 4.69) is 42.5 Å². The molecular formula is C18H18Cl3NO2. The zero-order chi connectivity index (χ0) is 17.2. The Balaban J connectivity index is 1.63. The maximum atomic E-state index is 12.0. The summed E-state index contributed by atoms with van der Waals surface area (Å²) >= 11 is 16.8. The molecule has 0 radical (unpaired) electrons. The van der Waals surface area contributed by atoms with Crippen LogP contribution in [0.1, 0.15) is 24.3 Å². The van der Waals surface area contributed by atoms with Crippen LogP contribution in [0, 0.1) is 0 Å². The van der Waals surface area contributed by atoms with Crippen molar-refractivity contribution in [1.82, 2.24) is 4.90 Å². The number of nitrogens with zero attached hydrogens (tertiary/aromatic N) is 1. The highest BCUT2D eigenvalue weighted by Gasteiger charge is 2.28. The summed E-state index contributed by atoms with van der Waals surface area (Å²) in [6, 6.07) is 14.8. The van der Waals surface area contributed by atoms with Crippen molar-refractivity contribution in [3.63, 3.8) is 0 Å². The number of hydrogen-bond acceptors (Lipinski definition) is 2. The molecule has 2 aromatic carbocycles. The third-order valence-electron chi connectivity index (χ3n) is 4.38. The predicted octanol–water partition coefficient (Wildman–Crippen LogP) is 5.53. The van der Waals surface area contributed by atoms with Gasteiger partial charge < -0.3 is 9.64 Å². The summed E-state index contributed by atoms with van der Waals surface area (Å²) in [5.41, 5.74) is 1.35. The van der Waals surface area contributed by atoms with E-state index in [1.54, 1.807) is 4.90 Å². The Morgan fingerprint density at radius 1 is 1.08 bits per heavy atom. The Bertz CT molecular complexity index is 716. The summed E-state index contributed by atoms with van der Waals surface area (Å²) in [5.74, 6) is 0.438. The molecule has 1 heterocycles. The minimum Gasteiger partial charge on any atom is -0.445 e. The predicted molar refractivity (Wildman–Crippen MR) is 99.1 cm³/mol. The molecule has 24 heavy (non-hydrogen) atoms. The second-order valence-corrected chi connectivity index (χ2v) is 8.52. The molecule has 0 N–H and O–H groups in total. The molecule has 0 bridgehead atoms. The Kier molecular flexibility index (Phi) is 5.43. The van der Waals surface area contributed by atoms with Gasteiger partial charge in [-0.2, -0.15) is 0 Å². The van der Waals surface area contributed by atoms with Crippen molar-refractivity contribution in [3.05, 3.63) is 48.0 Å². The second kappa shape index (κ2) is 7.38. The van der Waals surface area contributed by atoms with E-state index in [1.807, 2.05) is 0 Å². The maximum absolute atomic E-state index is 12.0. The molecule has 3 nitrogen and oxygen atoms in total. The van der Waals surface area contributed by atoms with Crippen LogP contribution >= 0.6 is 34.8 Å². The van der Waals surface area contributed by atoms with Crippen LogP contribution in [0.15, 0.2) is 42.5 Å². The van der Waals surface area contributed by atoms with Gasteiger partial charge in [0.1, 0.15) is 6.61 Å². The molecule has 128 valence electrons. The fourth-order valence-electron chi connectivity index (χ4n) is 3.21. The van der Waals surface area contributed by atoms with Crippen molar-refractivity contribution >= 4 is 51.7 Å². The van der Waals surface area contributed by atoms with Gasteiger partial charge in [0, 0.05) is 13.1 Å². The highest BCUT2D eigenvalue weighted by atomic mass is 35.6. The first-order valence-corrected chi connectivity index (χ1v) is 9.03. The first kappa shape index (κ1) is 17.7. The van der Waals surface area contributed by atoms with Gasteiger partial charge in [-0.05, 0) is 35.1 Å². The highest BCUT2D eigenvalue weighted by molar-refractivity contribution is 6.67. The van der Waals surface area contributed by atoms with Crippen LogP contribution in [0.4, 0.5) is 4.79 Å². The van der Waals surface area contributed by atoms with E-state index in [-0.39, 0.29) is 6.61 Å². The Hall–Kier alpha value is -1.16. The summed E-state index contributed by atoms with van der Waals surface area (Å²) in [6.45, 7) is 1.05. The van der Waals surface area contributed by atoms with Gasteiger partial charge >= 0.3 is 6.09 Å². The molecule has 1 saturated heterocycles. The lowest BCUT2D eigenvalue weighted by atomic mass is 9.86. The topological polar surface area (TPSA) is 29.5 Å². The van der Waals surface area contributed by atoms with Crippen molar-refractivity contribution in [2.75, 3.05) is 19.7 Å². The van der Waals surface area contributed by atoms with Crippen LogP contribution in [0.2, 0.25) is 0 Å². The summed E-state index contributed by atoms with van der Waals surface area (Å²) in [5, 5.41) is 2.54. The van der Waals surface area contributed by atoms with Crippen molar-refractivity contribution in [2.45, 2.75) is 22.6 Å². The Labute approximate surface area is 156 Å². The first-order valence-electron chi connectivity index (χ1n) is 7.90. The lowest BCUT2D eigenvalue weighted by Crippen LogP contribution is -2.39. The lowest BCUT2D eigenvalue weighted by Gasteiger charge is -2.32. The standard InChI is InChI=1S/C18H18Cl3NO2/c19-18(20,21)12-24-17(23)22-10-8-14(9-11-22)16-7-3-5-13-4-1-2-6-15(13)16/h1-7,14H,8-12H2. The van der Waals surface area contributed by atoms with Gasteiger partial charge in [0.15, 0.2) is 0 Å². The molecule has 0 saturated carbocycles. The average molecular weight is 387 g/mol. The molecule has 0 aliphatic carbocycles. The number of piperidine rings is 1. The van der Waals surface area contributed by atoms with Crippen LogP contribution in [0.5, 0.6) is 0 Å². The van der Waals surface area contributed by atoms with Crippen molar-refractivity contribution in [3.8, 4) is 0 Å². The third-order valence-corrected chi connectivity index (χ3v) is 4.70. The average Bonchev–Trinajstić information content (AvgIpc) is 2.59. The summed E-state index contributed by atoms with van der Waals surface area (Å²) in [4.78, 5) is 13.7. The van der Waals surface area contributed by atoms with Crippen LogP contribution < -0.4 is 0 Å². The largest absolute Gasteiger partial charge is 0.445 e. The zero-order valence-corrected chi connectivity index (χ0v) is 15.3. The molecule has 0 spiro atoms. The van der Waals surface area contributed by atoms with Gasteiger partial charge in [0.2, 0.25) is 3.79 Å². The number of carbonyl (C=O) groups is 1. The van der Waals surface area contributed by atoms with E-state index in [0.29, 0.717) is 19.0 Å². The van der Waals surface area contributed by atoms with E-state index in [4.69, 9.17) is 39.5 Å². The van der Waals surface area contributed by atoms with E-state index in [9.17, 15) is 4.79 Å². The molecular weight excluding hydrogens is 369 g/mol. The van der Waals surface area contributed by atoms with Gasteiger partial charge in [-0.15, -0.1) is 0 Å². The Morgan fingerprint density at radius 2 is 1.75 bits per heavy atom. The summed E-state index contributed by atoms with van der Waals surface area (Å²) in [7, 11) is 0. The van der Waals surface area contributed by atoms with Crippen LogP contribution in [-0.2, 0) is 4.74 Å². The third kappa shape index (κ3) is 4.27. The number of rotatable bonds is 2. The second-order valence-electron chi connectivity index (χ2n) is 6.00. The molecule has 2 aromatic rings. The van der Waals surface area contributed by atoms with Crippen LogP contribution in [-0.4, -0.2) is 34.5 Å². The first-order chi connectivity index (χ1) is 11.4. The number of ether oxygens (including phenoxy) is 1. The number of amides is 1. The maximum Gasteiger partial charge on any atom is 0.409 e. The molecule has 0 atom stereocenters. The van der Waals surface area contributed by atoms with Gasteiger partial charge in [-0.25, -0.2) is 4.79 Å². The van der Waals surface area contributed by atoms with Gasteiger partial charge in [-0.3, -0.25) is 0 Å². The minimum absolute atomic E-state index is 0.236. The minimum atomic E-state index is -1.57. The molecule has 1 amide bonds.